The Kier molecular flexibility index (Phi) is 5.41. The van der Waals surface area contributed by atoms with Crippen LogP contribution in [-0.2, 0) is 23.9 Å². The molecule has 2 saturated heterocycles. The van der Waals surface area contributed by atoms with E-state index in [0.29, 0.717) is 0 Å². The molecule has 2 aliphatic rings. The van der Waals surface area contributed by atoms with Crippen LogP contribution < -0.4 is 5.32 Å². The molecule has 2 aliphatic heterocycles. The molecule has 2 rings (SSSR count). The second-order valence-electron chi connectivity index (χ2n) is 5.84. The molecular weight excluding hydrogens is 300 g/mol. The number of carbonyl (C=O) groups is 3. The summed E-state index contributed by atoms with van der Waals surface area (Å²) in [4.78, 5) is 38.4. The Balaban J connectivity index is 2.07. The quantitative estimate of drug-likeness (QED) is 0.424. The number of nitrogens with one attached hydrogen (secondary N) is 1. The highest BCUT2D eigenvalue weighted by atomic mass is 16.6. The normalized spacial score (nSPS) is 25.4. The third-order valence-electron chi connectivity index (χ3n) is 4.40. The number of rotatable bonds is 6. The summed E-state index contributed by atoms with van der Waals surface area (Å²) >= 11 is 0. The molecule has 0 aromatic carbocycles. The third-order valence-corrected chi connectivity index (χ3v) is 4.40. The van der Waals surface area contributed by atoms with Gasteiger partial charge in [0.2, 0.25) is 5.91 Å². The van der Waals surface area contributed by atoms with Crippen LogP contribution in [-0.4, -0.2) is 61.6 Å². The zero-order chi connectivity index (χ0) is 17.0. The molecule has 2 fully saturated rings. The highest BCUT2D eigenvalue weighted by Gasteiger charge is 2.60. The molecule has 0 unspecified atom stereocenters. The summed E-state index contributed by atoms with van der Waals surface area (Å²) in [5.41, 5.74) is -1.38. The maximum absolute atomic E-state index is 12.6. The molecule has 0 aromatic rings. The molecule has 1 amide bonds. The van der Waals surface area contributed by atoms with Gasteiger partial charge in [-0.1, -0.05) is 6.08 Å². The molecule has 0 aromatic heterocycles. The number of amides is 1. The summed E-state index contributed by atoms with van der Waals surface area (Å²) in [5.74, 6) is -1.29. The molecule has 23 heavy (non-hydrogen) atoms. The summed E-state index contributed by atoms with van der Waals surface area (Å²) in [6.45, 7) is 8.22. The van der Waals surface area contributed by atoms with Crippen molar-refractivity contribution in [3.63, 3.8) is 0 Å². The van der Waals surface area contributed by atoms with Gasteiger partial charge in [-0.05, 0) is 26.8 Å². The molecule has 7 nitrogen and oxygen atoms in total. The molecule has 0 saturated carbocycles. The number of carbonyl (C=O) groups excluding carboxylic acids is 3. The van der Waals surface area contributed by atoms with Crippen molar-refractivity contribution in [2.24, 2.45) is 11.3 Å². The van der Waals surface area contributed by atoms with Crippen LogP contribution in [0.2, 0.25) is 0 Å². The van der Waals surface area contributed by atoms with Crippen LogP contribution in [0.15, 0.2) is 12.7 Å². The average Bonchev–Trinajstić information content (AvgIpc) is 2.95. The van der Waals surface area contributed by atoms with Crippen LogP contribution in [0.5, 0.6) is 0 Å². The van der Waals surface area contributed by atoms with E-state index >= 15 is 0 Å². The molecule has 0 aliphatic carbocycles. The molecule has 7 heteroatoms. The highest BCUT2D eigenvalue weighted by molar-refractivity contribution is 6.03. The molecule has 0 radical (unpaired) electrons. The van der Waals surface area contributed by atoms with Gasteiger partial charge in [-0.15, -0.1) is 6.58 Å². The van der Waals surface area contributed by atoms with Crippen molar-refractivity contribution < 1.29 is 23.9 Å². The lowest BCUT2D eigenvalue weighted by molar-refractivity contribution is -0.187. The zero-order valence-electron chi connectivity index (χ0n) is 13.7. The van der Waals surface area contributed by atoms with Gasteiger partial charge in [-0.25, -0.2) is 0 Å². The van der Waals surface area contributed by atoms with Crippen molar-refractivity contribution in [1.82, 2.24) is 10.2 Å². The van der Waals surface area contributed by atoms with E-state index in [-0.39, 0.29) is 44.2 Å². The minimum absolute atomic E-state index is 0.00550. The van der Waals surface area contributed by atoms with E-state index in [1.54, 1.807) is 19.9 Å². The smallest absolute Gasteiger partial charge is 0.327 e. The predicted molar refractivity (Wildman–Crippen MR) is 82.4 cm³/mol. The maximum atomic E-state index is 12.6. The Morgan fingerprint density at radius 2 is 1.78 bits per heavy atom. The highest BCUT2D eigenvalue weighted by Crippen LogP contribution is 2.35. The number of esters is 2. The van der Waals surface area contributed by atoms with Gasteiger partial charge < -0.3 is 19.7 Å². The SMILES string of the molecule is C=C[C@H]1CCN[C@@H]1C(=O)N1CC(C(=O)OCC)(C(=O)OCC)C1. The second-order valence-corrected chi connectivity index (χ2v) is 5.84. The minimum Gasteiger partial charge on any atom is -0.465 e. The van der Waals surface area contributed by atoms with Crippen LogP contribution in [0.4, 0.5) is 0 Å². The molecule has 0 spiro atoms. The minimum atomic E-state index is -1.38. The molecule has 128 valence electrons. The Bertz CT molecular complexity index is 479. The average molecular weight is 324 g/mol. The van der Waals surface area contributed by atoms with Crippen molar-refractivity contribution in [1.29, 1.82) is 0 Å². The van der Waals surface area contributed by atoms with Crippen LogP contribution in [0.1, 0.15) is 20.3 Å². The van der Waals surface area contributed by atoms with Gasteiger partial charge in [0, 0.05) is 19.0 Å². The van der Waals surface area contributed by atoms with Crippen LogP contribution >= 0.6 is 0 Å². The Labute approximate surface area is 136 Å². The number of ether oxygens (including phenoxy) is 2. The van der Waals surface area contributed by atoms with Gasteiger partial charge in [0.15, 0.2) is 5.41 Å². The molecular formula is C16H24N2O5. The lowest BCUT2D eigenvalue weighted by atomic mass is 9.79. The van der Waals surface area contributed by atoms with E-state index in [1.165, 1.54) is 4.90 Å². The maximum Gasteiger partial charge on any atom is 0.327 e. The fourth-order valence-electron chi connectivity index (χ4n) is 3.09. The Morgan fingerprint density at radius 1 is 1.22 bits per heavy atom. The number of hydrogen-bond acceptors (Lipinski definition) is 6. The van der Waals surface area contributed by atoms with Crippen LogP contribution in [0.25, 0.3) is 0 Å². The van der Waals surface area contributed by atoms with Gasteiger partial charge in [-0.3, -0.25) is 14.4 Å². The van der Waals surface area contributed by atoms with E-state index in [4.69, 9.17) is 9.47 Å². The predicted octanol–water partition coefficient (Wildman–Crippen LogP) is 0.105. The van der Waals surface area contributed by atoms with E-state index in [1.807, 2.05) is 0 Å². The Hall–Kier alpha value is -1.89. The summed E-state index contributed by atoms with van der Waals surface area (Å²) < 4.78 is 10.0. The van der Waals surface area contributed by atoms with Gasteiger partial charge in [0.1, 0.15) is 0 Å². The van der Waals surface area contributed by atoms with E-state index in [2.05, 4.69) is 11.9 Å². The van der Waals surface area contributed by atoms with Gasteiger partial charge in [-0.2, -0.15) is 0 Å². The number of nitrogens with zero attached hydrogens (tertiary/aromatic N) is 1. The number of hydrogen-bond donors (Lipinski definition) is 1. The molecule has 0 bridgehead atoms. The van der Waals surface area contributed by atoms with Crippen molar-refractivity contribution in [2.45, 2.75) is 26.3 Å². The first-order valence-electron chi connectivity index (χ1n) is 7.99. The first-order valence-corrected chi connectivity index (χ1v) is 7.99. The standard InChI is InChI=1S/C16H24N2O5/c1-4-11-7-8-17-12(11)13(19)18-9-16(10-18,14(20)22-5-2)15(21)23-6-3/h4,11-12,17H,1,5-10H2,2-3H3/t11-,12-/m0/s1. The van der Waals surface area contributed by atoms with Crippen molar-refractivity contribution in [3.05, 3.63) is 12.7 Å². The summed E-state index contributed by atoms with van der Waals surface area (Å²) in [6.07, 6.45) is 2.63. The summed E-state index contributed by atoms with van der Waals surface area (Å²) in [6, 6.07) is -0.338. The number of likely N-dealkylation sites (tertiary alicyclic amines) is 1. The fourth-order valence-corrected chi connectivity index (χ4v) is 3.09. The fraction of sp³-hybridized carbons (Fsp3) is 0.688. The summed E-state index contributed by atoms with van der Waals surface area (Å²) in [5, 5.41) is 3.15. The largest absolute Gasteiger partial charge is 0.465 e. The van der Waals surface area contributed by atoms with Crippen molar-refractivity contribution >= 4 is 17.8 Å². The van der Waals surface area contributed by atoms with E-state index in [0.717, 1.165) is 13.0 Å². The topological polar surface area (TPSA) is 84.9 Å². The second kappa shape index (κ2) is 7.12. The van der Waals surface area contributed by atoms with E-state index < -0.39 is 17.4 Å². The first kappa shape index (κ1) is 17.5. The molecule has 2 heterocycles. The van der Waals surface area contributed by atoms with Crippen molar-refractivity contribution in [3.8, 4) is 0 Å². The van der Waals surface area contributed by atoms with E-state index in [9.17, 15) is 14.4 Å². The van der Waals surface area contributed by atoms with Crippen LogP contribution in [0.3, 0.4) is 0 Å². The molecule has 2 atom stereocenters. The monoisotopic (exact) mass is 324 g/mol. The molecule has 1 N–H and O–H groups in total. The third kappa shape index (κ3) is 3.10. The lowest BCUT2D eigenvalue weighted by Crippen LogP contribution is -2.68. The Morgan fingerprint density at radius 3 is 2.26 bits per heavy atom. The van der Waals surface area contributed by atoms with Crippen molar-refractivity contribution in [2.75, 3.05) is 32.8 Å². The summed E-state index contributed by atoms with van der Waals surface area (Å²) in [7, 11) is 0. The van der Waals surface area contributed by atoms with Crippen LogP contribution in [0, 0.1) is 11.3 Å². The van der Waals surface area contributed by atoms with Gasteiger partial charge >= 0.3 is 11.9 Å². The lowest BCUT2D eigenvalue weighted by Gasteiger charge is -2.46. The van der Waals surface area contributed by atoms with Gasteiger partial charge in [0.25, 0.3) is 0 Å². The first-order chi connectivity index (χ1) is 11.0. The van der Waals surface area contributed by atoms with Gasteiger partial charge in [0.05, 0.1) is 19.3 Å². The zero-order valence-corrected chi connectivity index (χ0v) is 13.7.